The normalized spacial score (nSPS) is 15.9. The maximum absolute atomic E-state index is 9.16. The average Bonchev–Trinajstić information content (AvgIpc) is 2.85. The average molecular weight is 291 g/mol. The Morgan fingerprint density at radius 3 is 2.76 bits per heavy atom. The summed E-state index contributed by atoms with van der Waals surface area (Å²) in [6, 6.07) is 6.92. The SMILES string of the molecule is CC(C)C(NCC(C)(C)CCO)c1ccc2c(c1)CCO2. The lowest BCUT2D eigenvalue weighted by atomic mass is 9.87. The highest BCUT2D eigenvalue weighted by molar-refractivity contribution is 5.40. The van der Waals surface area contributed by atoms with Crippen LogP contribution in [0, 0.1) is 11.3 Å². The van der Waals surface area contributed by atoms with Crippen LogP contribution >= 0.6 is 0 Å². The Morgan fingerprint density at radius 1 is 1.33 bits per heavy atom. The van der Waals surface area contributed by atoms with Crippen LogP contribution in [0.2, 0.25) is 0 Å². The molecule has 2 N–H and O–H groups in total. The molecule has 0 spiro atoms. The van der Waals surface area contributed by atoms with Gasteiger partial charge in [-0.15, -0.1) is 0 Å². The zero-order chi connectivity index (χ0) is 15.5. The van der Waals surface area contributed by atoms with Crippen LogP contribution in [0.3, 0.4) is 0 Å². The third-order valence-electron chi connectivity index (χ3n) is 4.33. The molecular weight excluding hydrogens is 262 g/mol. The van der Waals surface area contributed by atoms with E-state index in [4.69, 9.17) is 9.84 Å². The quantitative estimate of drug-likeness (QED) is 0.810. The molecule has 0 aliphatic carbocycles. The first-order chi connectivity index (χ1) is 9.93. The van der Waals surface area contributed by atoms with Crippen LogP contribution in [0.15, 0.2) is 18.2 Å². The summed E-state index contributed by atoms with van der Waals surface area (Å²) in [5.74, 6) is 1.57. The van der Waals surface area contributed by atoms with Gasteiger partial charge in [0.2, 0.25) is 0 Å². The van der Waals surface area contributed by atoms with Crippen molar-refractivity contribution in [2.75, 3.05) is 19.8 Å². The first kappa shape index (κ1) is 16.3. The topological polar surface area (TPSA) is 41.5 Å². The summed E-state index contributed by atoms with van der Waals surface area (Å²) in [6.45, 7) is 10.9. The molecule has 1 atom stereocenters. The minimum absolute atomic E-state index is 0.113. The van der Waals surface area contributed by atoms with Gasteiger partial charge in [0, 0.05) is 25.6 Å². The lowest BCUT2D eigenvalue weighted by molar-refractivity contribution is 0.198. The van der Waals surface area contributed by atoms with Gasteiger partial charge in [-0.2, -0.15) is 0 Å². The van der Waals surface area contributed by atoms with Crippen LogP contribution in [0.25, 0.3) is 0 Å². The number of benzene rings is 1. The zero-order valence-corrected chi connectivity index (χ0v) is 13.8. The van der Waals surface area contributed by atoms with Gasteiger partial charge in [0.25, 0.3) is 0 Å². The molecule has 0 radical (unpaired) electrons. The Kier molecular flexibility index (Phi) is 5.28. The minimum Gasteiger partial charge on any atom is -0.493 e. The van der Waals surface area contributed by atoms with E-state index in [1.165, 1.54) is 11.1 Å². The van der Waals surface area contributed by atoms with Crippen LogP contribution in [-0.2, 0) is 6.42 Å². The minimum atomic E-state index is 0.113. The van der Waals surface area contributed by atoms with Crippen LogP contribution in [0.4, 0.5) is 0 Å². The number of nitrogens with one attached hydrogen (secondary N) is 1. The molecule has 1 aliphatic heterocycles. The molecule has 1 aromatic rings. The predicted molar refractivity (Wildman–Crippen MR) is 86.7 cm³/mol. The molecular formula is C18H29NO2. The highest BCUT2D eigenvalue weighted by Crippen LogP contribution is 2.31. The molecule has 0 fully saturated rings. The summed E-state index contributed by atoms with van der Waals surface area (Å²) >= 11 is 0. The molecule has 1 unspecified atom stereocenters. The van der Waals surface area contributed by atoms with Crippen molar-refractivity contribution in [3.63, 3.8) is 0 Å². The number of aliphatic hydroxyl groups excluding tert-OH is 1. The highest BCUT2D eigenvalue weighted by atomic mass is 16.5. The number of fused-ring (bicyclic) bond motifs is 1. The van der Waals surface area contributed by atoms with E-state index in [-0.39, 0.29) is 12.0 Å². The highest BCUT2D eigenvalue weighted by Gasteiger charge is 2.23. The lowest BCUT2D eigenvalue weighted by Gasteiger charge is -2.30. The molecule has 118 valence electrons. The summed E-state index contributed by atoms with van der Waals surface area (Å²) in [5.41, 5.74) is 2.78. The second kappa shape index (κ2) is 6.80. The van der Waals surface area contributed by atoms with Crippen molar-refractivity contribution in [2.24, 2.45) is 11.3 Å². The Morgan fingerprint density at radius 2 is 2.10 bits per heavy atom. The van der Waals surface area contributed by atoms with Crippen molar-refractivity contribution in [3.05, 3.63) is 29.3 Å². The Labute approximate surface area is 128 Å². The first-order valence-electron chi connectivity index (χ1n) is 8.03. The van der Waals surface area contributed by atoms with E-state index in [0.717, 1.165) is 31.7 Å². The van der Waals surface area contributed by atoms with Gasteiger partial charge in [-0.3, -0.25) is 0 Å². The van der Waals surface area contributed by atoms with Crippen molar-refractivity contribution in [1.29, 1.82) is 0 Å². The molecule has 1 aromatic carbocycles. The molecule has 2 rings (SSSR count). The zero-order valence-electron chi connectivity index (χ0n) is 13.8. The Bertz CT molecular complexity index is 468. The largest absolute Gasteiger partial charge is 0.493 e. The van der Waals surface area contributed by atoms with Crippen LogP contribution in [0.5, 0.6) is 5.75 Å². The van der Waals surface area contributed by atoms with Gasteiger partial charge in [-0.25, -0.2) is 0 Å². The van der Waals surface area contributed by atoms with E-state index in [2.05, 4.69) is 51.2 Å². The van der Waals surface area contributed by atoms with E-state index >= 15 is 0 Å². The smallest absolute Gasteiger partial charge is 0.122 e. The van der Waals surface area contributed by atoms with Crippen LogP contribution in [0.1, 0.15) is 51.3 Å². The van der Waals surface area contributed by atoms with Gasteiger partial charge in [0.15, 0.2) is 0 Å². The van der Waals surface area contributed by atoms with E-state index < -0.39 is 0 Å². The van der Waals surface area contributed by atoms with E-state index in [0.29, 0.717) is 12.0 Å². The molecule has 1 heterocycles. The molecule has 3 nitrogen and oxygen atoms in total. The second-order valence-electron chi connectivity index (χ2n) is 7.21. The van der Waals surface area contributed by atoms with Gasteiger partial charge in [-0.05, 0) is 34.9 Å². The van der Waals surface area contributed by atoms with E-state index in [1.54, 1.807) is 0 Å². The monoisotopic (exact) mass is 291 g/mol. The number of hydrogen-bond acceptors (Lipinski definition) is 3. The summed E-state index contributed by atoms with van der Waals surface area (Å²) < 4.78 is 5.59. The molecule has 0 amide bonds. The molecule has 0 aromatic heterocycles. The fourth-order valence-corrected chi connectivity index (χ4v) is 2.92. The Hall–Kier alpha value is -1.06. The summed E-state index contributed by atoms with van der Waals surface area (Å²) in [6.07, 6.45) is 1.84. The van der Waals surface area contributed by atoms with Crippen LogP contribution < -0.4 is 10.1 Å². The van der Waals surface area contributed by atoms with Crippen molar-refractivity contribution < 1.29 is 9.84 Å². The molecule has 0 saturated carbocycles. The molecule has 3 heteroatoms. The van der Waals surface area contributed by atoms with Crippen molar-refractivity contribution in [3.8, 4) is 5.75 Å². The van der Waals surface area contributed by atoms with Gasteiger partial charge in [0.1, 0.15) is 5.75 Å². The molecule has 1 aliphatic rings. The third kappa shape index (κ3) is 4.21. The molecule has 0 saturated heterocycles. The van der Waals surface area contributed by atoms with Gasteiger partial charge >= 0.3 is 0 Å². The predicted octanol–water partition coefficient (Wildman–Crippen LogP) is 3.32. The number of hydrogen-bond donors (Lipinski definition) is 2. The summed E-state index contributed by atoms with van der Waals surface area (Å²) in [5, 5.41) is 12.9. The van der Waals surface area contributed by atoms with Gasteiger partial charge in [-0.1, -0.05) is 39.8 Å². The maximum Gasteiger partial charge on any atom is 0.122 e. The number of rotatable bonds is 7. The van der Waals surface area contributed by atoms with Crippen LogP contribution in [-0.4, -0.2) is 24.9 Å². The number of aliphatic hydroxyl groups is 1. The van der Waals surface area contributed by atoms with Crippen molar-refractivity contribution >= 4 is 0 Å². The maximum atomic E-state index is 9.16. The summed E-state index contributed by atoms with van der Waals surface area (Å²) in [7, 11) is 0. The molecule has 0 bridgehead atoms. The first-order valence-corrected chi connectivity index (χ1v) is 8.03. The second-order valence-corrected chi connectivity index (χ2v) is 7.21. The fraction of sp³-hybridized carbons (Fsp3) is 0.667. The molecule has 21 heavy (non-hydrogen) atoms. The lowest BCUT2D eigenvalue weighted by Crippen LogP contribution is -2.35. The van der Waals surface area contributed by atoms with E-state index in [1.807, 2.05) is 0 Å². The summed E-state index contributed by atoms with van der Waals surface area (Å²) in [4.78, 5) is 0. The van der Waals surface area contributed by atoms with Gasteiger partial charge in [0.05, 0.1) is 6.61 Å². The van der Waals surface area contributed by atoms with E-state index in [9.17, 15) is 0 Å². The van der Waals surface area contributed by atoms with Gasteiger partial charge < -0.3 is 15.2 Å². The third-order valence-corrected chi connectivity index (χ3v) is 4.33. The van der Waals surface area contributed by atoms with Crippen molar-refractivity contribution in [1.82, 2.24) is 5.32 Å². The van der Waals surface area contributed by atoms with Crippen molar-refractivity contribution in [2.45, 2.75) is 46.6 Å². The Balaban J connectivity index is 2.09. The fourth-order valence-electron chi connectivity index (χ4n) is 2.92. The standard InChI is InChI=1S/C18H29NO2/c1-13(2)17(19-12-18(3,4)8-9-20)15-5-6-16-14(11-15)7-10-21-16/h5-6,11,13,17,19-20H,7-10,12H2,1-4H3. The number of ether oxygens (including phenoxy) is 1.